The van der Waals surface area contributed by atoms with Gasteiger partial charge in [0.05, 0.1) is 12.0 Å². The van der Waals surface area contributed by atoms with Crippen molar-refractivity contribution in [2.45, 2.75) is 38.9 Å². The Labute approximate surface area is 114 Å². The molecule has 1 aromatic carbocycles. The summed E-state index contributed by atoms with van der Waals surface area (Å²) in [6.07, 6.45) is 1.13. The number of carbonyl (C=O) groups excluding carboxylic acids is 1. The molecule has 0 amide bonds. The molecule has 3 heteroatoms. The second-order valence-electron chi connectivity index (χ2n) is 5.52. The van der Waals surface area contributed by atoms with Crippen molar-refractivity contribution < 1.29 is 14.6 Å². The van der Waals surface area contributed by atoms with E-state index in [2.05, 4.69) is 6.58 Å². The van der Waals surface area contributed by atoms with Crippen molar-refractivity contribution >= 4 is 5.97 Å². The molecule has 0 radical (unpaired) electrons. The maximum Gasteiger partial charge on any atom is 0.312 e. The van der Waals surface area contributed by atoms with Crippen LogP contribution in [0.15, 0.2) is 43.0 Å². The van der Waals surface area contributed by atoms with Gasteiger partial charge in [0.1, 0.15) is 5.60 Å². The van der Waals surface area contributed by atoms with Crippen molar-refractivity contribution in [3.8, 4) is 0 Å². The van der Waals surface area contributed by atoms with E-state index in [1.54, 1.807) is 18.2 Å². The molecule has 1 N–H and O–H groups in total. The lowest BCUT2D eigenvalue weighted by Gasteiger charge is -2.26. The van der Waals surface area contributed by atoms with Crippen LogP contribution in [-0.2, 0) is 9.53 Å². The highest BCUT2D eigenvalue weighted by atomic mass is 16.6. The maximum atomic E-state index is 12.1. The average molecular weight is 262 g/mol. The number of aliphatic hydroxyl groups excluding tert-OH is 1. The van der Waals surface area contributed by atoms with Crippen molar-refractivity contribution in [3.63, 3.8) is 0 Å². The van der Waals surface area contributed by atoms with E-state index in [0.717, 1.165) is 0 Å². The van der Waals surface area contributed by atoms with Crippen LogP contribution in [0.25, 0.3) is 0 Å². The van der Waals surface area contributed by atoms with Crippen LogP contribution in [0.5, 0.6) is 0 Å². The summed E-state index contributed by atoms with van der Waals surface area (Å²) in [4.78, 5) is 12.1. The summed E-state index contributed by atoms with van der Waals surface area (Å²) in [5, 5.41) is 10.3. The van der Waals surface area contributed by atoms with Gasteiger partial charge in [-0.1, -0.05) is 36.4 Å². The fraction of sp³-hybridized carbons (Fsp3) is 0.438. The Morgan fingerprint density at radius 3 is 2.42 bits per heavy atom. The summed E-state index contributed by atoms with van der Waals surface area (Å²) in [6.45, 7) is 9.07. The first kappa shape index (κ1) is 15.4. The number of ether oxygens (including phenoxy) is 1. The van der Waals surface area contributed by atoms with E-state index in [4.69, 9.17) is 4.74 Å². The van der Waals surface area contributed by atoms with Crippen LogP contribution >= 0.6 is 0 Å². The Morgan fingerprint density at radius 1 is 1.37 bits per heavy atom. The number of esters is 1. The van der Waals surface area contributed by atoms with Crippen LogP contribution < -0.4 is 0 Å². The molecule has 104 valence electrons. The Bertz CT molecular complexity index is 417. The summed E-state index contributed by atoms with van der Waals surface area (Å²) in [5.41, 5.74) is 0.146. The zero-order chi connectivity index (χ0) is 14.5. The third-order valence-corrected chi connectivity index (χ3v) is 2.65. The van der Waals surface area contributed by atoms with Crippen molar-refractivity contribution in [2.75, 3.05) is 0 Å². The van der Waals surface area contributed by atoms with Crippen LogP contribution in [0.3, 0.4) is 0 Å². The van der Waals surface area contributed by atoms with Crippen molar-refractivity contribution in [1.82, 2.24) is 0 Å². The third kappa shape index (κ3) is 4.87. The van der Waals surface area contributed by atoms with Crippen molar-refractivity contribution in [3.05, 3.63) is 48.6 Å². The van der Waals surface area contributed by atoms with Gasteiger partial charge in [-0.05, 0) is 32.8 Å². The molecule has 0 saturated carbocycles. The smallest absolute Gasteiger partial charge is 0.312 e. The molecule has 2 atom stereocenters. The number of hydrogen-bond acceptors (Lipinski definition) is 3. The lowest BCUT2D eigenvalue weighted by molar-refractivity contribution is -0.164. The average Bonchev–Trinajstić information content (AvgIpc) is 2.34. The number of aliphatic hydroxyl groups is 1. The lowest BCUT2D eigenvalue weighted by Crippen LogP contribution is -2.31. The van der Waals surface area contributed by atoms with Gasteiger partial charge in [0, 0.05) is 0 Å². The minimum absolute atomic E-state index is 0.380. The summed E-state index contributed by atoms with van der Waals surface area (Å²) in [7, 11) is 0. The van der Waals surface area contributed by atoms with E-state index in [1.165, 1.54) is 0 Å². The van der Waals surface area contributed by atoms with E-state index >= 15 is 0 Å². The predicted octanol–water partition coefficient (Wildman–Crippen LogP) is 3.25. The predicted molar refractivity (Wildman–Crippen MR) is 75.6 cm³/mol. The molecule has 3 nitrogen and oxygen atoms in total. The fourth-order valence-corrected chi connectivity index (χ4v) is 1.79. The third-order valence-electron chi connectivity index (χ3n) is 2.65. The Balaban J connectivity index is 2.88. The first-order valence-electron chi connectivity index (χ1n) is 6.42. The van der Waals surface area contributed by atoms with Crippen molar-refractivity contribution in [2.24, 2.45) is 5.92 Å². The summed E-state index contributed by atoms with van der Waals surface area (Å²) in [5.74, 6) is -1.03. The Morgan fingerprint density at radius 2 is 1.95 bits per heavy atom. The normalized spacial score (nSPS) is 14.5. The number of rotatable bonds is 5. The molecular weight excluding hydrogens is 240 g/mol. The highest BCUT2D eigenvalue weighted by molar-refractivity contribution is 5.74. The minimum atomic E-state index is -0.881. The quantitative estimate of drug-likeness (QED) is 0.654. The molecule has 19 heavy (non-hydrogen) atoms. The molecule has 0 heterocycles. The maximum absolute atomic E-state index is 12.1. The highest BCUT2D eigenvalue weighted by Gasteiger charge is 2.31. The van der Waals surface area contributed by atoms with Gasteiger partial charge in [-0.25, -0.2) is 0 Å². The van der Waals surface area contributed by atoms with Gasteiger partial charge in [0.15, 0.2) is 0 Å². The number of carbonyl (C=O) groups is 1. The SMILES string of the molecule is C=CC[C@H](C(=O)OC(C)(C)C)[C@@H](O)c1ccccc1. The number of hydrogen-bond donors (Lipinski definition) is 1. The molecule has 0 aliphatic heterocycles. The monoisotopic (exact) mass is 262 g/mol. The molecule has 1 rings (SSSR count). The van der Waals surface area contributed by atoms with Gasteiger partial charge in [0.2, 0.25) is 0 Å². The molecule has 0 aromatic heterocycles. The zero-order valence-electron chi connectivity index (χ0n) is 11.8. The molecule has 0 aliphatic rings. The second-order valence-corrected chi connectivity index (χ2v) is 5.52. The van der Waals surface area contributed by atoms with E-state index in [9.17, 15) is 9.90 Å². The first-order valence-corrected chi connectivity index (χ1v) is 6.42. The second kappa shape index (κ2) is 6.53. The summed E-state index contributed by atoms with van der Waals surface area (Å²) >= 11 is 0. The fourth-order valence-electron chi connectivity index (χ4n) is 1.79. The van der Waals surface area contributed by atoms with E-state index in [1.807, 2.05) is 39.0 Å². The zero-order valence-corrected chi connectivity index (χ0v) is 11.8. The Hall–Kier alpha value is -1.61. The number of benzene rings is 1. The Kier molecular flexibility index (Phi) is 5.31. The standard InChI is InChI=1S/C16H22O3/c1-5-9-13(15(18)19-16(2,3)4)14(17)12-10-7-6-8-11-12/h5-8,10-11,13-14,17H,1,9H2,2-4H3/t13-,14-/m0/s1. The molecule has 1 aromatic rings. The van der Waals surface area contributed by atoms with E-state index < -0.39 is 23.6 Å². The largest absolute Gasteiger partial charge is 0.460 e. The van der Waals surface area contributed by atoms with Crippen LogP contribution in [0, 0.1) is 5.92 Å². The van der Waals surface area contributed by atoms with Gasteiger partial charge < -0.3 is 9.84 Å². The highest BCUT2D eigenvalue weighted by Crippen LogP contribution is 2.27. The first-order chi connectivity index (χ1) is 8.85. The topological polar surface area (TPSA) is 46.5 Å². The van der Waals surface area contributed by atoms with Gasteiger partial charge in [0.25, 0.3) is 0 Å². The van der Waals surface area contributed by atoms with Gasteiger partial charge in [-0.15, -0.1) is 6.58 Å². The lowest BCUT2D eigenvalue weighted by atomic mass is 9.92. The molecule has 0 saturated heterocycles. The van der Waals surface area contributed by atoms with Crippen LogP contribution in [-0.4, -0.2) is 16.7 Å². The molecule has 0 fully saturated rings. The van der Waals surface area contributed by atoms with Gasteiger partial charge in [-0.2, -0.15) is 0 Å². The van der Waals surface area contributed by atoms with E-state index in [0.29, 0.717) is 12.0 Å². The van der Waals surface area contributed by atoms with Crippen LogP contribution in [0.2, 0.25) is 0 Å². The van der Waals surface area contributed by atoms with Crippen molar-refractivity contribution in [1.29, 1.82) is 0 Å². The molecule has 0 spiro atoms. The molecule has 0 unspecified atom stereocenters. The van der Waals surface area contributed by atoms with Crippen LogP contribution in [0.4, 0.5) is 0 Å². The van der Waals surface area contributed by atoms with Gasteiger partial charge >= 0.3 is 5.97 Å². The molecular formula is C16H22O3. The summed E-state index contributed by atoms with van der Waals surface area (Å²) < 4.78 is 5.35. The van der Waals surface area contributed by atoms with Gasteiger partial charge in [-0.3, -0.25) is 4.79 Å². The number of allylic oxidation sites excluding steroid dienone is 1. The van der Waals surface area contributed by atoms with E-state index in [-0.39, 0.29) is 0 Å². The molecule has 0 aliphatic carbocycles. The molecule has 0 bridgehead atoms. The minimum Gasteiger partial charge on any atom is -0.460 e. The summed E-state index contributed by atoms with van der Waals surface area (Å²) in [6, 6.07) is 9.12. The van der Waals surface area contributed by atoms with Crippen LogP contribution in [0.1, 0.15) is 38.9 Å².